The summed E-state index contributed by atoms with van der Waals surface area (Å²) in [6, 6.07) is 12.3. The van der Waals surface area contributed by atoms with Crippen LogP contribution in [-0.2, 0) is 0 Å². The maximum Gasteiger partial charge on any atom is 0.255 e. The van der Waals surface area contributed by atoms with Gasteiger partial charge in [0.15, 0.2) is 0 Å². The Morgan fingerprint density at radius 2 is 1.70 bits per heavy atom. The number of rotatable bonds is 3. The number of primary amides is 1. The molecule has 102 valence electrons. The van der Waals surface area contributed by atoms with Gasteiger partial charge in [-0.15, -0.1) is 0 Å². The summed E-state index contributed by atoms with van der Waals surface area (Å²) in [6.07, 6.45) is 0. The van der Waals surface area contributed by atoms with Gasteiger partial charge in [-0.05, 0) is 37.6 Å². The minimum absolute atomic E-state index is 0.254. The molecule has 0 heterocycles. The molecule has 0 aliphatic heterocycles. The fourth-order valence-electron chi connectivity index (χ4n) is 2.06. The minimum Gasteiger partial charge on any atom is -0.366 e. The lowest BCUT2D eigenvalue weighted by Gasteiger charge is -2.10. The van der Waals surface area contributed by atoms with E-state index in [1.165, 1.54) is 0 Å². The van der Waals surface area contributed by atoms with Crippen LogP contribution in [0.4, 0.5) is 5.69 Å². The fraction of sp³-hybridized carbons (Fsp3) is 0.125. The summed E-state index contributed by atoms with van der Waals surface area (Å²) in [5.74, 6) is -0.822. The van der Waals surface area contributed by atoms with Crippen LogP contribution < -0.4 is 11.1 Å². The first-order chi connectivity index (χ1) is 9.49. The zero-order valence-electron chi connectivity index (χ0n) is 11.4. The molecule has 2 amide bonds. The van der Waals surface area contributed by atoms with E-state index in [0.29, 0.717) is 16.8 Å². The van der Waals surface area contributed by atoms with Gasteiger partial charge in [0.05, 0.1) is 11.3 Å². The largest absolute Gasteiger partial charge is 0.366 e. The molecule has 0 saturated carbocycles. The summed E-state index contributed by atoms with van der Waals surface area (Å²) < 4.78 is 0. The number of hydrogen-bond acceptors (Lipinski definition) is 2. The van der Waals surface area contributed by atoms with E-state index in [9.17, 15) is 9.59 Å². The predicted molar refractivity (Wildman–Crippen MR) is 78.8 cm³/mol. The van der Waals surface area contributed by atoms with Crippen LogP contribution in [0.2, 0.25) is 0 Å². The van der Waals surface area contributed by atoms with Crippen molar-refractivity contribution in [2.24, 2.45) is 5.73 Å². The lowest BCUT2D eigenvalue weighted by Crippen LogP contribution is -2.18. The molecule has 0 aliphatic rings. The van der Waals surface area contributed by atoms with Crippen LogP contribution in [0.1, 0.15) is 31.8 Å². The Balaban J connectivity index is 2.30. The van der Waals surface area contributed by atoms with Gasteiger partial charge in [-0.3, -0.25) is 9.59 Å². The van der Waals surface area contributed by atoms with Gasteiger partial charge in [0.25, 0.3) is 11.8 Å². The van der Waals surface area contributed by atoms with E-state index < -0.39 is 5.91 Å². The molecule has 0 spiro atoms. The SMILES string of the molecule is Cc1ccc(C(=O)Nc2ccccc2C(N)=O)c(C)c1. The second-order valence-electron chi connectivity index (χ2n) is 4.68. The molecule has 2 aromatic carbocycles. The summed E-state index contributed by atoms with van der Waals surface area (Å²) in [4.78, 5) is 23.6. The number of hydrogen-bond donors (Lipinski definition) is 2. The first kappa shape index (κ1) is 13.8. The van der Waals surface area contributed by atoms with Crippen molar-refractivity contribution in [2.75, 3.05) is 5.32 Å². The van der Waals surface area contributed by atoms with E-state index in [1.807, 2.05) is 26.0 Å². The van der Waals surface area contributed by atoms with Crippen molar-refractivity contribution in [3.8, 4) is 0 Å². The van der Waals surface area contributed by atoms with Crippen LogP contribution >= 0.6 is 0 Å². The van der Waals surface area contributed by atoms with Crippen molar-refractivity contribution in [1.29, 1.82) is 0 Å². The van der Waals surface area contributed by atoms with Gasteiger partial charge < -0.3 is 11.1 Å². The highest BCUT2D eigenvalue weighted by Crippen LogP contribution is 2.17. The molecule has 0 aliphatic carbocycles. The van der Waals surface area contributed by atoms with E-state index in [4.69, 9.17) is 5.73 Å². The lowest BCUT2D eigenvalue weighted by atomic mass is 10.0. The quantitative estimate of drug-likeness (QED) is 0.898. The monoisotopic (exact) mass is 268 g/mol. The summed E-state index contributed by atoms with van der Waals surface area (Å²) in [7, 11) is 0. The Hall–Kier alpha value is -2.62. The molecule has 4 heteroatoms. The van der Waals surface area contributed by atoms with Crippen LogP contribution in [0.15, 0.2) is 42.5 Å². The summed E-state index contributed by atoms with van der Waals surface area (Å²) in [5.41, 5.74) is 8.57. The Labute approximate surface area is 117 Å². The smallest absolute Gasteiger partial charge is 0.255 e. The van der Waals surface area contributed by atoms with Crippen molar-refractivity contribution in [3.05, 3.63) is 64.7 Å². The molecule has 0 radical (unpaired) electrons. The number of carbonyl (C=O) groups is 2. The molecule has 4 nitrogen and oxygen atoms in total. The molecule has 3 N–H and O–H groups in total. The van der Waals surface area contributed by atoms with Crippen molar-refractivity contribution in [1.82, 2.24) is 0 Å². The molecular weight excluding hydrogens is 252 g/mol. The molecule has 0 bridgehead atoms. The van der Waals surface area contributed by atoms with Crippen molar-refractivity contribution in [3.63, 3.8) is 0 Å². The van der Waals surface area contributed by atoms with Crippen molar-refractivity contribution >= 4 is 17.5 Å². The van der Waals surface area contributed by atoms with Crippen LogP contribution in [0.25, 0.3) is 0 Å². The van der Waals surface area contributed by atoms with E-state index >= 15 is 0 Å². The number of benzene rings is 2. The van der Waals surface area contributed by atoms with Gasteiger partial charge in [0.2, 0.25) is 0 Å². The van der Waals surface area contributed by atoms with Gasteiger partial charge in [-0.1, -0.05) is 29.8 Å². The molecule has 0 fully saturated rings. The number of aryl methyl sites for hydroxylation is 2. The summed E-state index contributed by atoms with van der Waals surface area (Å²) in [6.45, 7) is 3.85. The highest BCUT2D eigenvalue weighted by Gasteiger charge is 2.13. The summed E-state index contributed by atoms with van der Waals surface area (Å²) in [5, 5.41) is 2.73. The second kappa shape index (κ2) is 5.57. The molecule has 0 saturated heterocycles. The van der Waals surface area contributed by atoms with Gasteiger partial charge >= 0.3 is 0 Å². The Morgan fingerprint density at radius 1 is 1.00 bits per heavy atom. The first-order valence-electron chi connectivity index (χ1n) is 6.26. The predicted octanol–water partition coefficient (Wildman–Crippen LogP) is 2.65. The molecule has 0 aromatic heterocycles. The van der Waals surface area contributed by atoms with Crippen LogP contribution in [0, 0.1) is 13.8 Å². The van der Waals surface area contributed by atoms with Gasteiger partial charge in [-0.2, -0.15) is 0 Å². The third kappa shape index (κ3) is 2.85. The average molecular weight is 268 g/mol. The highest BCUT2D eigenvalue weighted by molar-refractivity contribution is 6.09. The maximum atomic E-state index is 12.3. The zero-order chi connectivity index (χ0) is 14.7. The fourth-order valence-corrected chi connectivity index (χ4v) is 2.06. The minimum atomic E-state index is -0.568. The third-order valence-corrected chi connectivity index (χ3v) is 3.07. The standard InChI is InChI=1S/C16H16N2O2/c1-10-7-8-12(11(2)9-10)16(20)18-14-6-4-3-5-13(14)15(17)19/h3-9H,1-2H3,(H2,17,19)(H,18,20). The van der Waals surface area contributed by atoms with E-state index in [0.717, 1.165) is 11.1 Å². The molecular formula is C16H16N2O2. The van der Waals surface area contributed by atoms with Crippen molar-refractivity contribution in [2.45, 2.75) is 13.8 Å². The first-order valence-corrected chi connectivity index (χ1v) is 6.26. The number of carbonyl (C=O) groups excluding carboxylic acids is 2. The third-order valence-electron chi connectivity index (χ3n) is 3.07. The van der Waals surface area contributed by atoms with E-state index in [2.05, 4.69) is 5.32 Å². The molecule has 2 rings (SSSR count). The van der Waals surface area contributed by atoms with Gasteiger partial charge in [0, 0.05) is 5.56 Å². The molecule has 0 atom stereocenters. The number of amides is 2. The molecule has 0 unspecified atom stereocenters. The maximum absolute atomic E-state index is 12.3. The van der Waals surface area contributed by atoms with Gasteiger partial charge in [0.1, 0.15) is 0 Å². The van der Waals surface area contributed by atoms with Crippen LogP contribution in [0.5, 0.6) is 0 Å². The molecule has 20 heavy (non-hydrogen) atoms. The number of nitrogens with two attached hydrogens (primary N) is 1. The zero-order valence-corrected chi connectivity index (χ0v) is 11.4. The number of nitrogens with one attached hydrogen (secondary N) is 1. The molecule has 2 aromatic rings. The lowest BCUT2D eigenvalue weighted by molar-refractivity contribution is 0.100. The normalized spacial score (nSPS) is 10.1. The second-order valence-corrected chi connectivity index (χ2v) is 4.68. The van der Waals surface area contributed by atoms with Crippen LogP contribution in [-0.4, -0.2) is 11.8 Å². The van der Waals surface area contributed by atoms with E-state index in [1.54, 1.807) is 30.3 Å². The van der Waals surface area contributed by atoms with Crippen molar-refractivity contribution < 1.29 is 9.59 Å². The highest BCUT2D eigenvalue weighted by atomic mass is 16.2. The topological polar surface area (TPSA) is 72.2 Å². The van der Waals surface area contributed by atoms with Gasteiger partial charge in [-0.25, -0.2) is 0 Å². The van der Waals surface area contributed by atoms with Crippen LogP contribution in [0.3, 0.4) is 0 Å². The Kier molecular flexibility index (Phi) is 3.84. The average Bonchev–Trinajstić information content (AvgIpc) is 2.38. The Bertz CT molecular complexity index is 678. The number of para-hydroxylation sites is 1. The summed E-state index contributed by atoms with van der Waals surface area (Å²) >= 11 is 0. The van der Waals surface area contributed by atoms with E-state index in [-0.39, 0.29) is 5.91 Å². The Morgan fingerprint density at radius 3 is 2.35 bits per heavy atom. The number of anilines is 1.